The van der Waals surface area contributed by atoms with Gasteiger partial charge in [-0.1, -0.05) is 25.7 Å². The van der Waals surface area contributed by atoms with Crippen LogP contribution in [-0.2, 0) is 4.74 Å². The van der Waals surface area contributed by atoms with Crippen molar-refractivity contribution in [1.82, 2.24) is 10.2 Å². The fourth-order valence-electron chi connectivity index (χ4n) is 2.93. The Morgan fingerprint density at radius 1 is 1.25 bits per heavy atom. The summed E-state index contributed by atoms with van der Waals surface area (Å²) in [5.74, 6) is 0. The molecule has 0 radical (unpaired) electrons. The highest BCUT2D eigenvalue weighted by Crippen LogP contribution is 2.25. The van der Waals surface area contributed by atoms with Crippen LogP contribution in [0.15, 0.2) is 0 Å². The first-order valence-corrected chi connectivity index (χ1v) is 8.01. The number of hydrogen-bond donors (Lipinski definition) is 1. The van der Waals surface area contributed by atoms with Crippen molar-refractivity contribution in [1.29, 1.82) is 0 Å². The van der Waals surface area contributed by atoms with Gasteiger partial charge in [0, 0.05) is 18.6 Å². The molecule has 0 aromatic heterocycles. The first kappa shape index (κ1) is 17.3. The third kappa shape index (κ3) is 5.70. The minimum atomic E-state index is -0.431. The summed E-state index contributed by atoms with van der Waals surface area (Å²) in [4.78, 5) is 14.5. The van der Waals surface area contributed by atoms with E-state index in [9.17, 15) is 4.79 Å². The molecule has 20 heavy (non-hydrogen) atoms. The minimum absolute atomic E-state index is 0.160. The van der Waals surface area contributed by atoms with Crippen LogP contribution >= 0.6 is 0 Å². The van der Waals surface area contributed by atoms with Crippen LogP contribution in [0.1, 0.15) is 66.2 Å². The average Bonchev–Trinajstić information content (AvgIpc) is 2.56. The molecule has 0 heterocycles. The van der Waals surface area contributed by atoms with E-state index in [2.05, 4.69) is 12.2 Å². The normalized spacial score (nSPS) is 19.2. The smallest absolute Gasteiger partial charge is 0.410 e. The lowest BCUT2D eigenvalue weighted by Gasteiger charge is -2.37. The lowest BCUT2D eigenvalue weighted by molar-refractivity contribution is 0.00504. The predicted octanol–water partition coefficient (Wildman–Crippen LogP) is 3.55. The lowest BCUT2D eigenvalue weighted by atomic mass is 10.1. The van der Waals surface area contributed by atoms with Gasteiger partial charge in [-0.05, 0) is 47.6 Å². The third-order valence-corrected chi connectivity index (χ3v) is 3.80. The van der Waals surface area contributed by atoms with Gasteiger partial charge in [0.2, 0.25) is 0 Å². The summed E-state index contributed by atoms with van der Waals surface area (Å²) >= 11 is 0. The Bertz CT molecular complexity index is 291. The maximum Gasteiger partial charge on any atom is 0.410 e. The quantitative estimate of drug-likeness (QED) is 0.803. The molecule has 1 aliphatic carbocycles. The zero-order chi connectivity index (χ0) is 15.2. The van der Waals surface area contributed by atoms with Crippen LogP contribution in [0, 0.1) is 0 Å². The molecule has 0 aromatic rings. The number of carbonyl (C=O) groups excluding carboxylic acids is 1. The van der Waals surface area contributed by atoms with Crippen molar-refractivity contribution in [2.24, 2.45) is 0 Å². The highest BCUT2D eigenvalue weighted by atomic mass is 16.6. The molecule has 0 saturated heterocycles. The standard InChI is InChI=1S/C16H32N2O2/c1-13(12-17-5)18(15(19)20-16(2,3)4)14-10-8-6-7-9-11-14/h13-14,17H,6-12H2,1-5H3/t13-/m0/s1. The third-order valence-electron chi connectivity index (χ3n) is 3.80. The van der Waals surface area contributed by atoms with Gasteiger partial charge in [-0.15, -0.1) is 0 Å². The Labute approximate surface area is 124 Å². The Kier molecular flexibility index (Phi) is 6.80. The fraction of sp³-hybridized carbons (Fsp3) is 0.938. The van der Waals surface area contributed by atoms with Crippen LogP contribution in [0.5, 0.6) is 0 Å². The van der Waals surface area contributed by atoms with E-state index in [1.165, 1.54) is 25.7 Å². The zero-order valence-electron chi connectivity index (χ0n) is 13.9. The number of nitrogens with one attached hydrogen (secondary N) is 1. The Balaban J connectivity index is 2.80. The van der Waals surface area contributed by atoms with Crippen LogP contribution in [0.4, 0.5) is 4.79 Å². The largest absolute Gasteiger partial charge is 0.444 e. The average molecular weight is 284 g/mol. The number of hydrogen-bond acceptors (Lipinski definition) is 3. The molecule has 4 heteroatoms. The topological polar surface area (TPSA) is 41.6 Å². The van der Waals surface area contributed by atoms with Gasteiger partial charge in [-0.25, -0.2) is 4.79 Å². The van der Waals surface area contributed by atoms with Crippen molar-refractivity contribution in [3.05, 3.63) is 0 Å². The van der Waals surface area contributed by atoms with Gasteiger partial charge in [-0.2, -0.15) is 0 Å². The van der Waals surface area contributed by atoms with E-state index in [0.717, 1.165) is 19.4 Å². The Morgan fingerprint density at radius 3 is 2.25 bits per heavy atom. The lowest BCUT2D eigenvalue weighted by Crippen LogP contribution is -2.51. The number of ether oxygens (including phenoxy) is 1. The van der Waals surface area contributed by atoms with E-state index in [-0.39, 0.29) is 12.1 Å². The molecule has 4 nitrogen and oxygen atoms in total. The molecule has 1 aliphatic rings. The predicted molar refractivity (Wildman–Crippen MR) is 83.0 cm³/mol. The molecule has 1 saturated carbocycles. The molecule has 0 spiro atoms. The van der Waals surface area contributed by atoms with Crippen molar-refractivity contribution in [3.8, 4) is 0 Å². The zero-order valence-corrected chi connectivity index (χ0v) is 13.9. The van der Waals surface area contributed by atoms with E-state index in [1.807, 2.05) is 32.7 Å². The van der Waals surface area contributed by atoms with Gasteiger partial charge in [0.1, 0.15) is 5.60 Å². The number of carbonyl (C=O) groups is 1. The van der Waals surface area contributed by atoms with Crippen molar-refractivity contribution in [2.45, 2.75) is 83.9 Å². The molecule has 1 rings (SSSR count). The summed E-state index contributed by atoms with van der Waals surface area (Å²) in [7, 11) is 1.93. The van der Waals surface area contributed by atoms with Crippen molar-refractivity contribution >= 4 is 6.09 Å². The van der Waals surface area contributed by atoms with E-state index in [4.69, 9.17) is 4.74 Å². The van der Waals surface area contributed by atoms with Crippen LogP contribution < -0.4 is 5.32 Å². The molecular weight excluding hydrogens is 252 g/mol. The highest BCUT2D eigenvalue weighted by Gasteiger charge is 2.31. The summed E-state index contributed by atoms with van der Waals surface area (Å²) in [5.41, 5.74) is -0.431. The van der Waals surface area contributed by atoms with Crippen molar-refractivity contribution < 1.29 is 9.53 Å². The van der Waals surface area contributed by atoms with E-state index < -0.39 is 5.60 Å². The maximum atomic E-state index is 12.6. The molecule has 0 aliphatic heterocycles. The second-order valence-corrected chi connectivity index (χ2v) is 6.94. The minimum Gasteiger partial charge on any atom is -0.444 e. The van der Waals surface area contributed by atoms with E-state index >= 15 is 0 Å². The number of nitrogens with zero attached hydrogens (tertiary/aromatic N) is 1. The van der Waals surface area contributed by atoms with Gasteiger partial charge in [0.25, 0.3) is 0 Å². The summed E-state index contributed by atoms with van der Waals surface area (Å²) in [6.07, 6.45) is 7.07. The molecule has 1 N–H and O–H groups in total. The highest BCUT2D eigenvalue weighted by molar-refractivity contribution is 5.69. The van der Waals surface area contributed by atoms with Crippen molar-refractivity contribution in [3.63, 3.8) is 0 Å². The SMILES string of the molecule is CNC[C@H](C)N(C(=O)OC(C)(C)C)C1CCCCCC1. The number of rotatable bonds is 4. The molecule has 0 aromatic carbocycles. The van der Waals surface area contributed by atoms with Crippen LogP contribution in [-0.4, -0.2) is 42.3 Å². The molecule has 118 valence electrons. The number of likely N-dealkylation sites (N-methyl/N-ethyl adjacent to an activating group) is 1. The van der Waals surface area contributed by atoms with Crippen LogP contribution in [0.2, 0.25) is 0 Å². The first-order chi connectivity index (χ1) is 9.35. The van der Waals surface area contributed by atoms with E-state index in [1.54, 1.807) is 0 Å². The summed E-state index contributed by atoms with van der Waals surface area (Å²) < 4.78 is 5.62. The monoisotopic (exact) mass is 284 g/mol. The van der Waals surface area contributed by atoms with Crippen LogP contribution in [0.25, 0.3) is 0 Å². The summed E-state index contributed by atoms with van der Waals surface area (Å²) in [6.45, 7) is 8.69. The number of amides is 1. The van der Waals surface area contributed by atoms with E-state index in [0.29, 0.717) is 6.04 Å². The van der Waals surface area contributed by atoms with Gasteiger partial charge in [0.05, 0.1) is 0 Å². The first-order valence-electron chi connectivity index (χ1n) is 8.01. The molecule has 1 amide bonds. The maximum absolute atomic E-state index is 12.6. The molecule has 0 bridgehead atoms. The second kappa shape index (κ2) is 7.87. The van der Waals surface area contributed by atoms with Gasteiger partial charge < -0.3 is 15.0 Å². The molecule has 1 atom stereocenters. The van der Waals surface area contributed by atoms with Crippen molar-refractivity contribution in [2.75, 3.05) is 13.6 Å². The molecular formula is C16H32N2O2. The summed E-state index contributed by atoms with van der Waals surface area (Å²) in [6, 6.07) is 0.494. The Morgan fingerprint density at radius 2 is 1.80 bits per heavy atom. The molecule has 1 fully saturated rings. The van der Waals surface area contributed by atoms with Gasteiger partial charge in [0.15, 0.2) is 0 Å². The Hall–Kier alpha value is -0.770. The molecule has 0 unspecified atom stereocenters. The van der Waals surface area contributed by atoms with Crippen LogP contribution in [0.3, 0.4) is 0 Å². The summed E-state index contributed by atoms with van der Waals surface area (Å²) in [5, 5.41) is 3.17. The van der Waals surface area contributed by atoms with Gasteiger partial charge >= 0.3 is 6.09 Å². The fourth-order valence-corrected chi connectivity index (χ4v) is 2.93. The second-order valence-electron chi connectivity index (χ2n) is 6.94. The van der Waals surface area contributed by atoms with Gasteiger partial charge in [-0.3, -0.25) is 0 Å².